The highest BCUT2D eigenvalue weighted by Crippen LogP contribution is 2.17. The fourth-order valence-electron chi connectivity index (χ4n) is 2.68. The lowest BCUT2D eigenvalue weighted by Gasteiger charge is -2.11. The number of nitrogens with two attached hydrogens (primary N) is 1. The maximum Gasteiger partial charge on any atom is 0.253 e. The Kier molecular flexibility index (Phi) is 7.25. The molecule has 0 fully saturated rings. The Morgan fingerprint density at radius 1 is 0.963 bits per heavy atom. The van der Waals surface area contributed by atoms with Gasteiger partial charge in [-0.1, -0.05) is 29.8 Å². The van der Waals surface area contributed by atoms with Gasteiger partial charge in [0.05, 0.1) is 11.3 Å². The fraction of sp³-hybridized carbons (Fsp3) is 0.286. The third kappa shape index (κ3) is 5.76. The minimum absolute atomic E-state index is 0.0466. The molecule has 2 rings (SSSR count). The lowest BCUT2D eigenvalue weighted by atomic mass is 9.99. The van der Waals surface area contributed by atoms with Crippen molar-refractivity contribution in [3.8, 4) is 0 Å². The SMILES string of the molecule is Cc1ccc(C)c(C(=O)CCC(=O)Nc2ccccc2C(=O)NCCN)c1. The number of anilines is 1. The first-order chi connectivity index (χ1) is 12.9. The number of nitrogens with one attached hydrogen (secondary N) is 2. The monoisotopic (exact) mass is 367 g/mol. The molecular formula is C21H25N3O3. The molecule has 142 valence electrons. The van der Waals surface area contributed by atoms with E-state index in [1.54, 1.807) is 24.3 Å². The van der Waals surface area contributed by atoms with E-state index in [9.17, 15) is 14.4 Å². The van der Waals surface area contributed by atoms with Crippen molar-refractivity contribution in [3.63, 3.8) is 0 Å². The maximum absolute atomic E-state index is 12.4. The summed E-state index contributed by atoms with van der Waals surface area (Å²) in [5.74, 6) is -0.684. The van der Waals surface area contributed by atoms with Gasteiger partial charge in [0, 0.05) is 31.5 Å². The Morgan fingerprint density at radius 3 is 2.44 bits per heavy atom. The van der Waals surface area contributed by atoms with Gasteiger partial charge in [0.2, 0.25) is 5.91 Å². The number of hydrogen-bond donors (Lipinski definition) is 3. The zero-order valence-corrected chi connectivity index (χ0v) is 15.7. The van der Waals surface area contributed by atoms with Crippen molar-refractivity contribution in [2.75, 3.05) is 18.4 Å². The lowest BCUT2D eigenvalue weighted by molar-refractivity contribution is -0.116. The van der Waals surface area contributed by atoms with Crippen molar-refractivity contribution in [3.05, 3.63) is 64.7 Å². The van der Waals surface area contributed by atoms with Crippen molar-refractivity contribution < 1.29 is 14.4 Å². The number of aryl methyl sites for hydroxylation is 2. The average Bonchev–Trinajstić information content (AvgIpc) is 2.66. The van der Waals surface area contributed by atoms with Crippen LogP contribution in [-0.2, 0) is 4.79 Å². The zero-order valence-electron chi connectivity index (χ0n) is 15.7. The number of rotatable bonds is 8. The van der Waals surface area contributed by atoms with Crippen LogP contribution in [0.15, 0.2) is 42.5 Å². The molecule has 2 amide bonds. The molecule has 0 atom stereocenters. The van der Waals surface area contributed by atoms with Crippen LogP contribution < -0.4 is 16.4 Å². The molecule has 0 aromatic heterocycles. The van der Waals surface area contributed by atoms with E-state index in [1.165, 1.54) is 0 Å². The van der Waals surface area contributed by atoms with E-state index in [1.807, 2.05) is 32.0 Å². The van der Waals surface area contributed by atoms with Gasteiger partial charge >= 0.3 is 0 Å². The predicted molar refractivity (Wildman–Crippen MR) is 106 cm³/mol. The van der Waals surface area contributed by atoms with Crippen LogP contribution in [0.4, 0.5) is 5.69 Å². The topological polar surface area (TPSA) is 101 Å². The van der Waals surface area contributed by atoms with Crippen LogP contribution in [0.1, 0.15) is 44.7 Å². The molecule has 0 bridgehead atoms. The standard InChI is InChI=1S/C21H25N3O3/c1-14-7-8-15(2)17(13-14)19(25)9-10-20(26)24-18-6-4-3-5-16(18)21(27)23-12-11-22/h3-8,13H,9-12,22H2,1-2H3,(H,23,27)(H,24,26). The number of benzene rings is 2. The molecule has 0 radical (unpaired) electrons. The molecule has 0 aliphatic carbocycles. The van der Waals surface area contributed by atoms with Crippen molar-refractivity contribution >= 4 is 23.3 Å². The quantitative estimate of drug-likeness (QED) is 0.624. The molecule has 6 nitrogen and oxygen atoms in total. The summed E-state index contributed by atoms with van der Waals surface area (Å²) in [6, 6.07) is 12.4. The Bertz CT molecular complexity index is 846. The van der Waals surface area contributed by atoms with Gasteiger partial charge < -0.3 is 16.4 Å². The Labute approximate surface area is 159 Å². The molecule has 0 heterocycles. The zero-order chi connectivity index (χ0) is 19.8. The number of Topliss-reactive ketones (excluding diaryl/α,β-unsaturated/α-hetero) is 1. The second kappa shape index (κ2) is 9.64. The first-order valence-electron chi connectivity index (χ1n) is 8.90. The summed E-state index contributed by atoms with van der Waals surface area (Å²) in [7, 11) is 0. The Morgan fingerprint density at radius 2 is 1.70 bits per heavy atom. The molecule has 0 saturated carbocycles. The highest BCUT2D eigenvalue weighted by Gasteiger charge is 2.15. The van der Waals surface area contributed by atoms with Crippen LogP contribution in [0.25, 0.3) is 0 Å². The van der Waals surface area contributed by atoms with Crippen molar-refractivity contribution in [1.82, 2.24) is 5.32 Å². The minimum Gasteiger partial charge on any atom is -0.351 e. The van der Waals surface area contributed by atoms with Gasteiger partial charge in [-0.05, 0) is 37.6 Å². The first-order valence-corrected chi connectivity index (χ1v) is 8.90. The molecule has 0 aliphatic heterocycles. The molecule has 2 aromatic rings. The lowest BCUT2D eigenvalue weighted by Crippen LogP contribution is -2.30. The Hall–Kier alpha value is -2.99. The smallest absolute Gasteiger partial charge is 0.253 e. The second-order valence-electron chi connectivity index (χ2n) is 6.38. The summed E-state index contributed by atoms with van der Waals surface area (Å²) >= 11 is 0. The average molecular weight is 367 g/mol. The number of hydrogen-bond acceptors (Lipinski definition) is 4. The molecule has 27 heavy (non-hydrogen) atoms. The van der Waals surface area contributed by atoms with Gasteiger partial charge in [0.15, 0.2) is 5.78 Å². The number of amides is 2. The number of carbonyl (C=O) groups is 3. The van der Waals surface area contributed by atoms with Gasteiger partial charge in [0.25, 0.3) is 5.91 Å². The summed E-state index contributed by atoms with van der Waals surface area (Å²) in [6.07, 6.45) is 0.155. The normalized spacial score (nSPS) is 10.3. The number of ketones is 1. The van der Waals surface area contributed by atoms with Crippen LogP contribution >= 0.6 is 0 Å². The highest BCUT2D eigenvalue weighted by atomic mass is 16.2. The molecular weight excluding hydrogens is 342 g/mol. The third-order valence-electron chi connectivity index (χ3n) is 4.15. The van der Waals surface area contributed by atoms with E-state index in [4.69, 9.17) is 5.73 Å². The van der Waals surface area contributed by atoms with Gasteiger partial charge in [-0.2, -0.15) is 0 Å². The largest absolute Gasteiger partial charge is 0.351 e. The molecule has 0 aliphatic rings. The van der Waals surface area contributed by atoms with Gasteiger partial charge in [-0.3, -0.25) is 14.4 Å². The van der Waals surface area contributed by atoms with Gasteiger partial charge in [0.1, 0.15) is 0 Å². The summed E-state index contributed by atoms with van der Waals surface area (Å²) in [6.45, 7) is 4.49. The fourth-order valence-corrected chi connectivity index (χ4v) is 2.68. The molecule has 0 saturated heterocycles. The van der Waals surface area contributed by atoms with Crippen LogP contribution in [-0.4, -0.2) is 30.7 Å². The van der Waals surface area contributed by atoms with Crippen molar-refractivity contribution in [2.45, 2.75) is 26.7 Å². The third-order valence-corrected chi connectivity index (χ3v) is 4.15. The predicted octanol–water partition coefficient (Wildman–Crippen LogP) is 2.59. The summed E-state index contributed by atoms with van der Waals surface area (Å²) < 4.78 is 0. The highest BCUT2D eigenvalue weighted by molar-refractivity contribution is 6.05. The minimum atomic E-state index is -0.312. The van der Waals surface area contributed by atoms with Crippen LogP contribution in [0.2, 0.25) is 0 Å². The van der Waals surface area contributed by atoms with E-state index >= 15 is 0 Å². The molecule has 0 spiro atoms. The van der Waals surface area contributed by atoms with Crippen LogP contribution in [0.3, 0.4) is 0 Å². The maximum atomic E-state index is 12.4. The van der Waals surface area contributed by atoms with Crippen molar-refractivity contribution in [1.29, 1.82) is 0 Å². The van der Waals surface area contributed by atoms with Crippen LogP contribution in [0.5, 0.6) is 0 Å². The molecule has 0 unspecified atom stereocenters. The molecule has 2 aromatic carbocycles. The van der Waals surface area contributed by atoms with Crippen LogP contribution in [0, 0.1) is 13.8 Å². The van der Waals surface area contributed by atoms with E-state index in [2.05, 4.69) is 10.6 Å². The number of carbonyl (C=O) groups excluding carboxylic acids is 3. The van der Waals surface area contributed by atoms with E-state index in [-0.39, 0.29) is 30.4 Å². The van der Waals surface area contributed by atoms with Gasteiger partial charge in [-0.25, -0.2) is 0 Å². The first kappa shape index (κ1) is 20.3. The summed E-state index contributed by atoms with van der Waals surface area (Å²) in [4.78, 5) is 36.8. The summed E-state index contributed by atoms with van der Waals surface area (Å²) in [5.41, 5.74) is 8.71. The van der Waals surface area contributed by atoms with E-state index < -0.39 is 0 Å². The summed E-state index contributed by atoms with van der Waals surface area (Å²) in [5, 5.41) is 5.39. The number of para-hydroxylation sites is 1. The second-order valence-corrected chi connectivity index (χ2v) is 6.38. The molecule has 6 heteroatoms. The van der Waals surface area contributed by atoms with E-state index in [0.717, 1.165) is 11.1 Å². The molecule has 4 N–H and O–H groups in total. The van der Waals surface area contributed by atoms with E-state index in [0.29, 0.717) is 29.9 Å². The van der Waals surface area contributed by atoms with Crippen molar-refractivity contribution in [2.24, 2.45) is 5.73 Å². The Balaban J connectivity index is 1.99. The van der Waals surface area contributed by atoms with Gasteiger partial charge in [-0.15, -0.1) is 0 Å².